The third-order valence-electron chi connectivity index (χ3n) is 3.67. The minimum absolute atomic E-state index is 0.0441. The monoisotopic (exact) mass is 351 g/mol. The molecule has 21 heavy (non-hydrogen) atoms. The Morgan fingerprint density at radius 1 is 1.29 bits per heavy atom. The van der Waals surface area contributed by atoms with Crippen molar-refractivity contribution in [3.8, 4) is 5.75 Å². The molecule has 0 bridgehead atoms. The highest BCUT2D eigenvalue weighted by molar-refractivity contribution is 9.10. The second-order valence-corrected chi connectivity index (χ2v) is 6.52. The number of carbonyl (C=O) groups is 1. The van der Waals surface area contributed by atoms with Crippen LogP contribution in [0.4, 0.5) is 0 Å². The van der Waals surface area contributed by atoms with Gasteiger partial charge in [0.25, 0.3) is 5.91 Å². The van der Waals surface area contributed by atoms with E-state index in [0.29, 0.717) is 25.3 Å². The maximum atomic E-state index is 12.6. The van der Waals surface area contributed by atoms with Gasteiger partial charge in [-0.2, -0.15) is 0 Å². The molecule has 0 N–H and O–H groups in total. The van der Waals surface area contributed by atoms with Crippen molar-refractivity contribution in [3.05, 3.63) is 33.8 Å². The maximum Gasteiger partial charge on any atom is 0.253 e. The number of fused-ring (bicyclic) bond motifs is 1. The van der Waals surface area contributed by atoms with E-state index in [1.807, 2.05) is 43.0 Å². The smallest absolute Gasteiger partial charge is 0.253 e. The molecule has 3 rings (SSSR count). The van der Waals surface area contributed by atoms with Crippen LogP contribution in [0.1, 0.15) is 19.4 Å². The zero-order chi connectivity index (χ0) is 15.0. The van der Waals surface area contributed by atoms with Crippen LogP contribution >= 0.6 is 15.9 Å². The van der Waals surface area contributed by atoms with Crippen LogP contribution in [0.3, 0.4) is 0 Å². The molecule has 0 saturated carbocycles. The third-order valence-corrected chi connectivity index (χ3v) is 4.16. The van der Waals surface area contributed by atoms with Gasteiger partial charge in [0.1, 0.15) is 12.4 Å². The second kappa shape index (κ2) is 5.81. The van der Waals surface area contributed by atoms with Gasteiger partial charge in [-0.15, -0.1) is 0 Å². The molecule has 0 radical (unpaired) electrons. The Bertz CT molecular complexity index is 589. The van der Waals surface area contributed by atoms with E-state index in [-0.39, 0.29) is 18.1 Å². The molecule has 2 unspecified atom stereocenters. The second-order valence-electron chi connectivity index (χ2n) is 5.61. The molecule has 4 nitrogen and oxygen atoms in total. The molecule has 112 valence electrons. The molecule has 1 aromatic rings. The van der Waals surface area contributed by atoms with Gasteiger partial charge >= 0.3 is 0 Å². The van der Waals surface area contributed by atoms with Crippen molar-refractivity contribution in [2.24, 2.45) is 0 Å². The Balaban J connectivity index is 1.82. The average Bonchev–Trinajstić information content (AvgIpc) is 2.44. The fourth-order valence-corrected chi connectivity index (χ4v) is 3.20. The molecule has 1 aromatic carbocycles. The number of nitrogens with zero attached hydrogens (tertiary/aromatic N) is 1. The van der Waals surface area contributed by atoms with Crippen molar-refractivity contribution < 1.29 is 14.3 Å². The number of carbonyl (C=O) groups excluding carboxylic acids is 1. The highest BCUT2D eigenvalue weighted by Gasteiger charge is 2.29. The minimum atomic E-state index is 0.0441. The van der Waals surface area contributed by atoms with Crippen LogP contribution in [-0.4, -0.2) is 42.7 Å². The van der Waals surface area contributed by atoms with Gasteiger partial charge in [0.2, 0.25) is 0 Å². The molecule has 2 heterocycles. The fraction of sp³-hybridized carbons (Fsp3) is 0.438. The molecule has 2 aliphatic heterocycles. The molecular formula is C16H18BrNO3. The van der Waals surface area contributed by atoms with E-state index in [2.05, 4.69) is 15.9 Å². The lowest BCUT2D eigenvalue weighted by molar-refractivity contribution is -0.139. The van der Waals surface area contributed by atoms with Crippen molar-refractivity contribution in [1.29, 1.82) is 0 Å². The van der Waals surface area contributed by atoms with E-state index in [1.165, 1.54) is 0 Å². The molecule has 1 fully saturated rings. The topological polar surface area (TPSA) is 38.8 Å². The van der Waals surface area contributed by atoms with Crippen LogP contribution < -0.4 is 4.74 Å². The van der Waals surface area contributed by atoms with E-state index in [4.69, 9.17) is 9.47 Å². The number of hydrogen-bond donors (Lipinski definition) is 0. The Labute approximate surface area is 132 Å². The predicted molar refractivity (Wildman–Crippen MR) is 84.2 cm³/mol. The van der Waals surface area contributed by atoms with E-state index in [9.17, 15) is 4.79 Å². The standard InChI is InChI=1S/C16H18BrNO3/c1-10-7-18(8-11(2)21-10)16(19)13-5-12-6-14(17)3-4-15(12)20-9-13/h3-6,10-11H,7-9H2,1-2H3. The summed E-state index contributed by atoms with van der Waals surface area (Å²) in [6.07, 6.45) is 2.07. The normalized spacial score (nSPS) is 24.9. The molecule has 1 amide bonds. The van der Waals surface area contributed by atoms with Crippen molar-refractivity contribution in [1.82, 2.24) is 4.90 Å². The number of morpholine rings is 1. The highest BCUT2D eigenvalue weighted by Crippen LogP contribution is 2.30. The first-order valence-electron chi connectivity index (χ1n) is 7.10. The maximum absolute atomic E-state index is 12.6. The first-order chi connectivity index (χ1) is 10.0. The van der Waals surface area contributed by atoms with Crippen molar-refractivity contribution in [3.63, 3.8) is 0 Å². The quantitative estimate of drug-likeness (QED) is 0.780. The first kappa shape index (κ1) is 14.6. The Hall–Kier alpha value is -1.33. The number of halogens is 1. The summed E-state index contributed by atoms with van der Waals surface area (Å²) >= 11 is 3.44. The van der Waals surface area contributed by atoms with Crippen molar-refractivity contribution >= 4 is 27.9 Å². The summed E-state index contributed by atoms with van der Waals surface area (Å²) in [6, 6.07) is 5.81. The van der Waals surface area contributed by atoms with Crippen molar-refractivity contribution in [2.75, 3.05) is 19.7 Å². The van der Waals surface area contributed by atoms with E-state index >= 15 is 0 Å². The van der Waals surface area contributed by atoms with Crippen LogP contribution in [-0.2, 0) is 9.53 Å². The molecule has 5 heteroatoms. The van der Waals surface area contributed by atoms with Crippen LogP contribution in [0.25, 0.3) is 6.08 Å². The summed E-state index contributed by atoms with van der Waals surface area (Å²) in [6.45, 7) is 5.58. The minimum Gasteiger partial charge on any atom is -0.488 e. The summed E-state index contributed by atoms with van der Waals surface area (Å²) in [5.41, 5.74) is 1.63. The zero-order valence-electron chi connectivity index (χ0n) is 12.1. The summed E-state index contributed by atoms with van der Waals surface area (Å²) in [5, 5.41) is 0. The largest absolute Gasteiger partial charge is 0.488 e. The van der Waals surface area contributed by atoms with Gasteiger partial charge in [-0.1, -0.05) is 15.9 Å². The van der Waals surface area contributed by atoms with Crippen LogP contribution in [0.15, 0.2) is 28.2 Å². The number of ether oxygens (including phenoxy) is 2. The molecule has 0 aliphatic carbocycles. The van der Waals surface area contributed by atoms with Gasteiger partial charge < -0.3 is 14.4 Å². The number of hydrogen-bond acceptors (Lipinski definition) is 3. The number of rotatable bonds is 1. The van der Waals surface area contributed by atoms with Crippen LogP contribution in [0.2, 0.25) is 0 Å². The summed E-state index contributed by atoms with van der Waals surface area (Å²) < 4.78 is 12.3. The van der Waals surface area contributed by atoms with Gasteiger partial charge in [0.15, 0.2) is 0 Å². The lowest BCUT2D eigenvalue weighted by Gasteiger charge is -2.36. The van der Waals surface area contributed by atoms with Gasteiger partial charge in [-0.3, -0.25) is 4.79 Å². The Morgan fingerprint density at radius 2 is 2.00 bits per heavy atom. The highest BCUT2D eigenvalue weighted by atomic mass is 79.9. The summed E-state index contributed by atoms with van der Waals surface area (Å²) in [5.74, 6) is 0.862. The molecule has 2 atom stereocenters. The van der Waals surface area contributed by atoms with Gasteiger partial charge in [0.05, 0.1) is 17.8 Å². The molecular weight excluding hydrogens is 334 g/mol. The summed E-state index contributed by atoms with van der Waals surface area (Å²) in [4.78, 5) is 14.5. The molecule has 2 aliphatic rings. The lowest BCUT2D eigenvalue weighted by atomic mass is 10.1. The van der Waals surface area contributed by atoms with Crippen LogP contribution in [0.5, 0.6) is 5.75 Å². The first-order valence-corrected chi connectivity index (χ1v) is 7.90. The van der Waals surface area contributed by atoms with Gasteiger partial charge in [0, 0.05) is 23.1 Å². The molecule has 0 spiro atoms. The van der Waals surface area contributed by atoms with E-state index in [0.717, 1.165) is 15.8 Å². The SMILES string of the molecule is CC1CN(C(=O)C2=Cc3cc(Br)ccc3OC2)CC(C)O1. The fourth-order valence-electron chi connectivity index (χ4n) is 2.82. The van der Waals surface area contributed by atoms with Crippen LogP contribution in [0, 0.1) is 0 Å². The third kappa shape index (κ3) is 3.14. The number of benzene rings is 1. The van der Waals surface area contributed by atoms with Crippen molar-refractivity contribution in [2.45, 2.75) is 26.1 Å². The predicted octanol–water partition coefficient (Wildman–Crippen LogP) is 2.86. The van der Waals surface area contributed by atoms with E-state index in [1.54, 1.807) is 0 Å². The van der Waals surface area contributed by atoms with E-state index < -0.39 is 0 Å². The summed E-state index contributed by atoms with van der Waals surface area (Å²) in [7, 11) is 0. The average molecular weight is 352 g/mol. The Kier molecular flexibility index (Phi) is 4.04. The van der Waals surface area contributed by atoms with Gasteiger partial charge in [-0.05, 0) is 38.1 Å². The Morgan fingerprint density at radius 3 is 2.71 bits per heavy atom. The zero-order valence-corrected chi connectivity index (χ0v) is 13.7. The van der Waals surface area contributed by atoms with Gasteiger partial charge in [-0.25, -0.2) is 0 Å². The molecule has 0 aromatic heterocycles. The number of amides is 1. The molecule has 1 saturated heterocycles. The lowest BCUT2D eigenvalue weighted by Crippen LogP contribution is -2.49.